The summed E-state index contributed by atoms with van der Waals surface area (Å²) < 4.78 is 0. The van der Waals surface area contributed by atoms with Crippen LogP contribution in [-0.4, -0.2) is 59.9 Å². The molecule has 1 atom stereocenters. The third kappa shape index (κ3) is 5.63. The van der Waals surface area contributed by atoms with E-state index in [1.807, 2.05) is 24.3 Å². The summed E-state index contributed by atoms with van der Waals surface area (Å²) in [6, 6.07) is 7.31. The maximum Gasteiger partial charge on any atom is 0.238 e. The van der Waals surface area contributed by atoms with Crippen molar-refractivity contribution in [1.29, 1.82) is 0 Å². The number of anilines is 2. The number of nitrogens with one attached hydrogen (secondary N) is 2. The highest BCUT2D eigenvalue weighted by Crippen LogP contribution is 2.14. The molecule has 0 spiro atoms. The smallest absolute Gasteiger partial charge is 0.238 e. The van der Waals surface area contributed by atoms with Gasteiger partial charge in [0.15, 0.2) is 0 Å². The molecule has 0 aromatic heterocycles. The van der Waals surface area contributed by atoms with E-state index in [0.717, 1.165) is 24.5 Å². The van der Waals surface area contributed by atoms with Crippen LogP contribution in [0.15, 0.2) is 24.3 Å². The summed E-state index contributed by atoms with van der Waals surface area (Å²) in [7, 11) is 0. The Labute approximate surface area is 131 Å². The Morgan fingerprint density at radius 2 is 1.77 bits per heavy atom. The second-order valence-electron chi connectivity index (χ2n) is 5.68. The van der Waals surface area contributed by atoms with Crippen LogP contribution >= 0.6 is 0 Å². The first-order chi connectivity index (χ1) is 10.7. The van der Waals surface area contributed by atoms with E-state index >= 15 is 0 Å². The van der Waals surface area contributed by atoms with Crippen LogP contribution in [0.1, 0.15) is 19.3 Å². The first-order valence-electron chi connectivity index (χ1n) is 7.82. The Morgan fingerprint density at radius 1 is 1.14 bits per heavy atom. The van der Waals surface area contributed by atoms with Crippen LogP contribution in [0.4, 0.5) is 11.4 Å². The number of hydrogen-bond acceptors (Lipinski definition) is 5. The van der Waals surface area contributed by atoms with Crippen LogP contribution in [0.3, 0.4) is 0 Å². The van der Waals surface area contributed by atoms with Crippen molar-refractivity contribution in [3.05, 3.63) is 24.3 Å². The molecule has 4 N–H and O–H groups in total. The number of carbonyl (C=O) groups is 1. The lowest BCUT2D eigenvalue weighted by molar-refractivity contribution is -0.117. The minimum atomic E-state index is -0.774. The molecule has 122 valence electrons. The topological polar surface area (TPSA) is 84.8 Å². The van der Waals surface area contributed by atoms with Crippen molar-refractivity contribution in [2.45, 2.75) is 25.4 Å². The number of piperidine rings is 1. The van der Waals surface area contributed by atoms with Gasteiger partial charge in [-0.3, -0.25) is 9.69 Å². The van der Waals surface area contributed by atoms with Crippen LogP contribution in [0, 0.1) is 0 Å². The molecule has 1 aromatic rings. The molecule has 1 aromatic carbocycles. The molecule has 1 fully saturated rings. The number of likely N-dealkylation sites (tertiary alicyclic amines) is 1. The summed E-state index contributed by atoms with van der Waals surface area (Å²) in [5, 5.41) is 23.9. The molecule has 6 nitrogen and oxygen atoms in total. The van der Waals surface area contributed by atoms with Gasteiger partial charge in [0.25, 0.3) is 0 Å². The number of benzene rings is 1. The number of carbonyl (C=O) groups excluding carboxylic acids is 1. The number of rotatable bonds is 7. The normalized spacial score (nSPS) is 17.0. The van der Waals surface area contributed by atoms with Gasteiger partial charge >= 0.3 is 0 Å². The molecule has 2 rings (SSSR count). The standard InChI is InChI=1S/C16H25N3O3/c20-12-15(21)10-17-13-4-6-14(7-5-13)18-16(22)11-19-8-2-1-3-9-19/h4-7,15,17,20-21H,1-3,8-12H2,(H,18,22). The molecular formula is C16H25N3O3. The third-order valence-corrected chi connectivity index (χ3v) is 3.74. The summed E-state index contributed by atoms with van der Waals surface area (Å²) in [4.78, 5) is 14.2. The van der Waals surface area contributed by atoms with Gasteiger partial charge < -0.3 is 20.8 Å². The maximum absolute atomic E-state index is 12.0. The molecule has 1 aliphatic rings. The van der Waals surface area contributed by atoms with E-state index in [2.05, 4.69) is 15.5 Å². The van der Waals surface area contributed by atoms with Crippen molar-refractivity contribution in [1.82, 2.24) is 4.90 Å². The summed E-state index contributed by atoms with van der Waals surface area (Å²) in [6.07, 6.45) is 2.84. The molecule has 1 aliphatic heterocycles. The van der Waals surface area contributed by atoms with E-state index < -0.39 is 6.10 Å². The Kier molecular flexibility index (Phi) is 6.64. The van der Waals surface area contributed by atoms with Gasteiger partial charge in [0.1, 0.15) is 0 Å². The average Bonchev–Trinajstić information content (AvgIpc) is 2.54. The molecule has 0 bridgehead atoms. The minimum Gasteiger partial charge on any atom is -0.394 e. The highest BCUT2D eigenvalue weighted by molar-refractivity contribution is 5.92. The zero-order valence-electron chi connectivity index (χ0n) is 12.8. The van der Waals surface area contributed by atoms with E-state index in [9.17, 15) is 9.90 Å². The van der Waals surface area contributed by atoms with Crippen LogP contribution < -0.4 is 10.6 Å². The van der Waals surface area contributed by atoms with E-state index in [1.54, 1.807) is 0 Å². The van der Waals surface area contributed by atoms with Crippen molar-refractivity contribution < 1.29 is 15.0 Å². The van der Waals surface area contributed by atoms with Gasteiger partial charge in [0, 0.05) is 17.9 Å². The first-order valence-corrected chi connectivity index (χ1v) is 7.82. The third-order valence-electron chi connectivity index (χ3n) is 3.74. The highest BCUT2D eigenvalue weighted by atomic mass is 16.3. The van der Waals surface area contributed by atoms with Crippen molar-refractivity contribution in [3.63, 3.8) is 0 Å². The van der Waals surface area contributed by atoms with Crippen molar-refractivity contribution in [3.8, 4) is 0 Å². The lowest BCUT2D eigenvalue weighted by atomic mass is 10.1. The fraction of sp³-hybridized carbons (Fsp3) is 0.562. The number of aliphatic hydroxyl groups excluding tert-OH is 2. The molecule has 0 radical (unpaired) electrons. The lowest BCUT2D eigenvalue weighted by Crippen LogP contribution is -2.36. The molecule has 6 heteroatoms. The second kappa shape index (κ2) is 8.73. The molecular weight excluding hydrogens is 282 g/mol. The molecule has 1 unspecified atom stereocenters. The predicted octanol–water partition coefficient (Wildman–Crippen LogP) is 0.876. The summed E-state index contributed by atoms with van der Waals surface area (Å²) in [6.45, 7) is 2.48. The Morgan fingerprint density at radius 3 is 2.41 bits per heavy atom. The van der Waals surface area contributed by atoms with Gasteiger partial charge in [-0.05, 0) is 50.2 Å². The van der Waals surface area contributed by atoms with E-state index in [4.69, 9.17) is 5.11 Å². The second-order valence-corrected chi connectivity index (χ2v) is 5.68. The van der Waals surface area contributed by atoms with Crippen LogP contribution in [0.25, 0.3) is 0 Å². The quantitative estimate of drug-likeness (QED) is 0.601. The molecule has 22 heavy (non-hydrogen) atoms. The van der Waals surface area contributed by atoms with Crippen LogP contribution in [0.5, 0.6) is 0 Å². The van der Waals surface area contributed by atoms with Crippen LogP contribution in [0.2, 0.25) is 0 Å². The summed E-state index contributed by atoms with van der Waals surface area (Å²) in [5.74, 6) is 0.0123. The molecule has 1 saturated heterocycles. The van der Waals surface area contributed by atoms with Crippen molar-refractivity contribution in [2.24, 2.45) is 0 Å². The number of amides is 1. The van der Waals surface area contributed by atoms with E-state index in [-0.39, 0.29) is 19.1 Å². The minimum absolute atomic E-state index is 0.0123. The first kappa shape index (κ1) is 16.7. The molecule has 1 heterocycles. The van der Waals surface area contributed by atoms with E-state index in [0.29, 0.717) is 6.54 Å². The molecule has 0 aliphatic carbocycles. The van der Waals surface area contributed by atoms with Gasteiger partial charge in [-0.15, -0.1) is 0 Å². The van der Waals surface area contributed by atoms with Gasteiger partial charge in [0.2, 0.25) is 5.91 Å². The highest BCUT2D eigenvalue weighted by Gasteiger charge is 2.13. The average molecular weight is 307 g/mol. The zero-order valence-corrected chi connectivity index (χ0v) is 12.8. The van der Waals surface area contributed by atoms with Gasteiger partial charge in [0.05, 0.1) is 19.3 Å². The van der Waals surface area contributed by atoms with Gasteiger partial charge in [-0.25, -0.2) is 0 Å². The van der Waals surface area contributed by atoms with E-state index in [1.165, 1.54) is 19.3 Å². The SMILES string of the molecule is O=C(CN1CCCCC1)Nc1ccc(NCC(O)CO)cc1. The Hall–Kier alpha value is -1.63. The van der Waals surface area contributed by atoms with Gasteiger partial charge in [-0.2, -0.15) is 0 Å². The molecule has 0 saturated carbocycles. The van der Waals surface area contributed by atoms with Gasteiger partial charge in [-0.1, -0.05) is 6.42 Å². The Bertz CT molecular complexity index is 458. The predicted molar refractivity (Wildman–Crippen MR) is 86.9 cm³/mol. The number of hydrogen-bond donors (Lipinski definition) is 4. The number of nitrogens with zero attached hydrogens (tertiary/aromatic N) is 1. The number of aliphatic hydroxyl groups is 2. The largest absolute Gasteiger partial charge is 0.394 e. The van der Waals surface area contributed by atoms with Crippen LogP contribution in [-0.2, 0) is 4.79 Å². The van der Waals surface area contributed by atoms with Crippen molar-refractivity contribution >= 4 is 17.3 Å². The van der Waals surface area contributed by atoms with Crippen molar-refractivity contribution in [2.75, 3.05) is 43.4 Å². The maximum atomic E-state index is 12.0. The monoisotopic (exact) mass is 307 g/mol. The fourth-order valence-corrected chi connectivity index (χ4v) is 2.49. The summed E-state index contributed by atoms with van der Waals surface area (Å²) in [5.41, 5.74) is 1.59. The fourth-order valence-electron chi connectivity index (χ4n) is 2.49. The lowest BCUT2D eigenvalue weighted by Gasteiger charge is -2.25. The zero-order chi connectivity index (χ0) is 15.8. The summed E-state index contributed by atoms with van der Waals surface area (Å²) >= 11 is 0. The Balaban J connectivity index is 1.76. The molecule has 1 amide bonds.